The number of halogens is 1. The summed E-state index contributed by atoms with van der Waals surface area (Å²) in [5.74, 6) is -1.62. The highest BCUT2D eigenvalue weighted by Crippen LogP contribution is 2.16. The zero-order valence-electron chi connectivity index (χ0n) is 23.7. The Kier molecular flexibility index (Phi) is 21.3. The molecule has 0 amide bonds. The summed E-state index contributed by atoms with van der Waals surface area (Å²) in [5, 5.41) is 8.22. The summed E-state index contributed by atoms with van der Waals surface area (Å²) in [6, 6.07) is 0. The Morgan fingerprint density at radius 3 is 1.57 bits per heavy atom. The monoisotopic (exact) mass is 544 g/mol. The largest absolute Gasteiger partial charge is 0.464 e. The first-order valence-electron chi connectivity index (χ1n) is 14.5. The molecule has 0 aliphatic carbocycles. The van der Waals surface area contributed by atoms with E-state index in [4.69, 9.17) is 15.2 Å². The van der Waals surface area contributed by atoms with Crippen molar-refractivity contribution in [3.8, 4) is 0 Å². The fourth-order valence-electron chi connectivity index (χ4n) is 4.38. The lowest BCUT2D eigenvalue weighted by molar-refractivity contribution is -0.164. The molecule has 8 nitrogen and oxygen atoms in total. The molecule has 0 aliphatic rings. The molecule has 2 N–H and O–H groups in total. The molecule has 9 heteroatoms. The van der Waals surface area contributed by atoms with Crippen LogP contribution in [0.2, 0.25) is 0 Å². The van der Waals surface area contributed by atoms with Crippen LogP contribution in [0.1, 0.15) is 129 Å². The van der Waals surface area contributed by atoms with Gasteiger partial charge in [-0.3, -0.25) is 4.68 Å². The molecule has 0 spiro atoms. The van der Waals surface area contributed by atoms with Gasteiger partial charge in [-0.1, -0.05) is 108 Å². The second-order valence-electron chi connectivity index (χ2n) is 9.87. The lowest BCUT2D eigenvalue weighted by Crippen LogP contribution is -2.58. The number of unbranched alkanes of at least 4 members (excludes halogenated alkanes) is 15. The predicted octanol–water partition coefficient (Wildman–Crippen LogP) is 6.33. The molecular formula is C28H53ClN4O4. The number of carbonyl (C=O) groups is 2. The Bertz CT molecular complexity index is 696. The third-order valence-electron chi connectivity index (χ3n) is 6.57. The second-order valence-corrected chi connectivity index (χ2v) is 9.87. The number of hydrogen-bond acceptors (Lipinski definition) is 7. The SMILES string of the molecule is CCCCCCCCCCCCCCCCCCn1cc(CC(N)(C(=O)OCC)C(=O)OCC)nn1.Cl. The third-order valence-corrected chi connectivity index (χ3v) is 6.57. The Morgan fingerprint density at radius 2 is 1.16 bits per heavy atom. The summed E-state index contributed by atoms with van der Waals surface area (Å²) >= 11 is 0. The smallest absolute Gasteiger partial charge is 0.338 e. The van der Waals surface area contributed by atoms with Crippen molar-refractivity contribution in [1.82, 2.24) is 15.0 Å². The summed E-state index contributed by atoms with van der Waals surface area (Å²) < 4.78 is 11.7. The van der Waals surface area contributed by atoms with Gasteiger partial charge in [0.15, 0.2) is 0 Å². The van der Waals surface area contributed by atoms with E-state index in [9.17, 15) is 9.59 Å². The minimum atomic E-state index is -1.92. The number of hydrogen-bond donors (Lipinski definition) is 1. The Labute approximate surface area is 231 Å². The van der Waals surface area contributed by atoms with E-state index in [0.717, 1.165) is 19.4 Å². The molecule has 0 unspecified atom stereocenters. The summed E-state index contributed by atoms with van der Waals surface area (Å²) in [4.78, 5) is 24.7. The molecule has 37 heavy (non-hydrogen) atoms. The van der Waals surface area contributed by atoms with Crippen LogP contribution in [0.25, 0.3) is 0 Å². The van der Waals surface area contributed by atoms with E-state index in [1.807, 2.05) is 0 Å². The van der Waals surface area contributed by atoms with Crippen molar-refractivity contribution < 1.29 is 19.1 Å². The molecule has 1 heterocycles. The highest BCUT2D eigenvalue weighted by atomic mass is 35.5. The standard InChI is InChI=1S/C28H52N4O4.ClH/c1-4-7-8-9-10-11-12-13-14-15-16-17-18-19-20-21-22-32-24-25(30-31-32)23-28(29,26(33)35-5-2)27(34)36-6-3;/h24H,4-23,29H2,1-3H3;1H. The molecule has 0 saturated carbocycles. The second kappa shape index (κ2) is 22.3. The zero-order valence-corrected chi connectivity index (χ0v) is 24.5. The van der Waals surface area contributed by atoms with Crippen molar-refractivity contribution in [3.05, 3.63) is 11.9 Å². The van der Waals surface area contributed by atoms with E-state index >= 15 is 0 Å². The minimum absolute atomic E-state index is 0. The van der Waals surface area contributed by atoms with Crippen LogP contribution in [0.4, 0.5) is 0 Å². The first-order valence-corrected chi connectivity index (χ1v) is 14.5. The maximum absolute atomic E-state index is 12.3. The van der Waals surface area contributed by atoms with Crippen molar-refractivity contribution >= 4 is 24.3 Å². The Balaban J connectivity index is 0.0000130. The van der Waals surface area contributed by atoms with Gasteiger partial charge in [0, 0.05) is 19.2 Å². The number of ether oxygens (including phenoxy) is 2. The molecule has 0 aromatic carbocycles. The quantitative estimate of drug-likeness (QED) is 0.0973. The maximum Gasteiger partial charge on any atom is 0.338 e. The van der Waals surface area contributed by atoms with E-state index in [1.165, 1.54) is 89.9 Å². The molecule has 0 aliphatic heterocycles. The fourth-order valence-corrected chi connectivity index (χ4v) is 4.38. The van der Waals surface area contributed by atoms with Crippen LogP contribution in [0.5, 0.6) is 0 Å². The van der Waals surface area contributed by atoms with Gasteiger partial charge in [0.25, 0.3) is 0 Å². The zero-order chi connectivity index (χ0) is 26.5. The van der Waals surface area contributed by atoms with Gasteiger partial charge in [0.1, 0.15) is 0 Å². The topological polar surface area (TPSA) is 109 Å². The van der Waals surface area contributed by atoms with Crippen molar-refractivity contribution in [2.45, 2.75) is 142 Å². The summed E-state index contributed by atoms with van der Waals surface area (Å²) in [5.41, 5.74) is 4.66. The van der Waals surface area contributed by atoms with Crippen LogP contribution >= 0.6 is 12.4 Å². The van der Waals surface area contributed by atoms with Crippen molar-refractivity contribution in [1.29, 1.82) is 0 Å². The van der Waals surface area contributed by atoms with Crippen LogP contribution < -0.4 is 5.73 Å². The number of nitrogens with two attached hydrogens (primary N) is 1. The number of nitrogens with zero attached hydrogens (tertiary/aromatic N) is 3. The third kappa shape index (κ3) is 15.4. The van der Waals surface area contributed by atoms with Gasteiger partial charge in [0.2, 0.25) is 5.54 Å². The average Bonchev–Trinajstić information content (AvgIpc) is 3.30. The predicted molar refractivity (Wildman–Crippen MR) is 151 cm³/mol. The molecule has 0 bridgehead atoms. The summed E-state index contributed by atoms with van der Waals surface area (Å²) in [6.07, 6.45) is 23.0. The lowest BCUT2D eigenvalue weighted by atomic mass is 9.95. The van der Waals surface area contributed by atoms with Gasteiger partial charge in [-0.2, -0.15) is 0 Å². The van der Waals surface area contributed by atoms with Gasteiger partial charge in [0.05, 0.1) is 18.9 Å². The Hall–Kier alpha value is -1.67. The fraction of sp³-hybridized carbons (Fsp3) is 0.857. The molecule has 0 saturated heterocycles. The van der Waals surface area contributed by atoms with Gasteiger partial charge in [-0.15, -0.1) is 17.5 Å². The lowest BCUT2D eigenvalue weighted by Gasteiger charge is -2.23. The van der Waals surface area contributed by atoms with E-state index in [0.29, 0.717) is 5.69 Å². The van der Waals surface area contributed by atoms with Crippen molar-refractivity contribution in [2.75, 3.05) is 13.2 Å². The van der Waals surface area contributed by atoms with E-state index < -0.39 is 17.5 Å². The van der Waals surface area contributed by atoms with E-state index in [-0.39, 0.29) is 32.0 Å². The van der Waals surface area contributed by atoms with Crippen LogP contribution in [0.3, 0.4) is 0 Å². The highest BCUT2D eigenvalue weighted by molar-refractivity contribution is 6.05. The van der Waals surface area contributed by atoms with Crippen molar-refractivity contribution in [2.24, 2.45) is 5.73 Å². The van der Waals surface area contributed by atoms with Crippen LogP contribution in [0, 0.1) is 0 Å². The normalized spacial score (nSPS) is 11.2. The molecule has 1 rings (SSSR count). The van der Waals surface area contributed by atoms with Crippen LogP contribution in [-0.4, -0.2) is 45.7 Å². The summed E-state index contributed by atoms with van der Waals surface area (Å²) in [7, 11) is 0. The number of carbonyl (C=O) groups excluding carboxylic acids is 2. The molecular weight excluding hydrogens is 492 g/mol. The van der Waals surface area contributed by atoms with E-state index in [2.05, 4.69) is 17.2 Å². The van der Waals surface area contributed by atoms with Gasteiger partial charge < -0.3 is 15.2 Å². The Morgan fingerprint density at radius 1 is 0.757 bits per heavy atom. The van der Waals surface area contributed by atoms with Crippen molar-refractivity contribution in [3.63, 3.8) is 0 Å². The molecule has 1 aromatic heterocycles. The van der Waals surface area contributed by atoms with Gasteiger partial charge >= 0.3 is 11.9 Å². The molecule has 1 aromatic rings. The van der Waals surface area contributed by atoms with Crippen LogP contribution in [-0.2, 0) is 32.0 Å². The van der Waals surface area contributed by atoms with Gasteiger partial charge in [-0.05, 0) is 20.3 Å². The number of esters is 2. The highest BCUT2D eigenvalue weighted by Gasteiger charge is 2.46. The minimum Gasteiger partial charge on any atom is -0.464 e. The van der Waals surface area contributed by atoms with Gasteiger partial charge in [-0.25, -0.2) is 9.59 Å². The van der Waals surface area contributed by atoms with E-state index in [1.54, 1.807) is 24.7 Å². The first-order chi connectivity index (χ1) is 17.5. The number of aromatic nitrogens is 3. The molecule has 0 radical (unpaired) electrons. The average molecular weight is 545 g/mol. The number of aryl methyl sites for hydroxylation is 1. The molecule has 0 fully saturated rings. The molecule has 0 atom stereocenters. The molecule has 216 valence electrons. The summed E-state index contributed by atoms with van der Waals surface area (Å²) in [6.45, 7) is 6.61. The number of rotatable bonds is 23. The van der Waals surface area contributed by atoms with Crippen LogP contribution in [0.15, 0.2) is 6.20 Å². The first kappa shape index (κ1) is 35.3. The maximum atomic E-state index is 12.3.